The van der Waals surface area contributed by atoms with Crippen molar-refractivity contribution in [2.45, 2.75) is 12.8 Å². The number of rotatable bonds is 6. The van der Waals surface area contributed by atoms with Crippen molar-refractivity contribution in [3.05, 3.63) is 34.7 Å². The van der Waals surface area contributed by atoms with Crippen molar-refractivity contribution in [3.63, 3.8) is 0 Å². The Morgan fingerprint density at radius 3 is 2.88 bits per heavy atom. The summed E-state index contributed by atoms with van der Waals surface area (Å²) < 4.78 is 5.45. The minimum Gasteiger partial charge on any atom is -0.494 e. The minimum absolute atomic E-state index is 0. The Labute approximate surface area is 101 Å². The molecule has 5 nitrogen and oxygen atoms in total. The fourth-order valence-electron chi connectivity index (χ4n) is 1.12. The van der Waals surface area contributed by atoms with Crippen LogP contribution in [0, 0.1) is 0 Å². The molecule has 0 aliphatic heterocycles. The molecule has 0 heterocycles. The highest BCUT2D eigenvalue weighted by molar-refractivity contribution is 5.85. The van der Waals surface area contributed by atoms with Crippen LogP contribution < -0.4 is 10.5 Å². The summed E-state index contributed by atoms with van der Waals surface area (Å²) in [5.74, 6) is 0.777. The van der Waals surface area contributed by atoms with Crippen LogP contribution in [0.1, 0.15) is 12.8 Å². The lowest BCUT2D eigenvalue weighted by Crippen LogP contribution is -1.98. The van der Waals surface area contributed by atoms with E-state index in [1.165, 1.54) is 0 Å². The van der Waals surface area contributed by atoms with Gasteiger partial charge in [-0.1, -0.05) is 11.2 Å². The van der Waals surface area contributed by atoms with Crippen LogP contribution in [0.15, 0.2) is 29.4 Å². The molecule has 88 valence electrons. The Morgan fingerprint density at radius 2 is 2.19 bits per heavy atom. The quantitative estimate of drug-likeness (QED) is 0.273. The van der Waals surface area contributed by atoms with Gasteiger partial charge in [0, 0.05) is 23.2 Å². The summed E-state index contributed by atoms with van der Waals surface area (Å²) in [5.41, 5.74) is 14.3. The fourth-order valence-corrected chi connectivity index (χ4v) is 1.12. The van der Waals surface area contributed by atoms with Crippen LogP contribution in [0.5, 0.6) is 5.75 Å². The van der Waals surface area contributed by atoms with Gasteiger partial charge in [-0.05, 0) is 30.5 Å². The summed E-state index contributed by atoms with van der Waals surface area (Å²) in [5, 5.41) is 3.44. The van der Waals surface area contributed by atoms with Crippen molar-refractivity contribution in [2.75, 3.05) is 18.9 Å². The minimum atomic E-state index is 0. The van der Waals surface area contributed by atoms with Gasteiger partial charge in [-0.15, -0.1) is 12.4 Å². The van der Waals surface area contributed by atoms with Crippen LogP contribution in [-0.4, -0.2) is 13.2 Å². The Morgan fingerprint density at radius 1 is 1.38 bits per heavy atom. The van der Waals surface area contributed by atoms with E-state index < -0.39 is 0 Å². The lowest BCUT2D eigenvalue weighted by atomic mass is 10.3. The number of benzene rings is 1. The number of nitrogens with zero attached hydrogens (tertiary/aromatic N) is 3. The van der Waals surface area contributed by atoms with E-state index in [4.69, 9.17) is 16.0 Å². The number of halogens is 1. The second-order valence-corrected chi connectivity index (χ2v) is 3.08. The zero-order chi connectivity index (χ0) is 10.9. The predicted octanol–water partition coefficient (Wildman–Crippen LogP) is 3.16. The standard InChI is InChI=1S/C10H14N4O.ClH/c11-9-4-3-5-10(8-9)15-7-2-1-6-13-14-12;/h3-5,8H,1-2,6-7,11H2;1H. The maximum Gasteiger partial charge on any atom is 0.121 e. The normalized spacial score (nSPS) is 8.75. The van der Waals surface area contributed by atoms with Crippen molar-refractivity contribution >= 4 is 18.1 Å². The largest absolute Gasteiger partial charge is 0.494 e. The second-order valence-electron chi connectivity index (χ2n) is 3.08. The van der Waals surface area contributed by atoms with Gasteiger partial charge in [0.15, 0.2) is 0 Å². The maximum absolute atomic E-state index is 8.04. The van der Waals surface area contributed by atoms with Crippen LogP contribution in [0.4, 0.5) is 5.69 Å². The molecule has 1 aromatic rings. The van der Waals surface area contributed by atoms with E-state index in [1.807, 2.05) is 18.2 Å². The third-order valence-corrected chi connectivity index (χ3v) is 1.84. The van der Waals surface area contributed by atoms with Crippen LogP contribution in [0.25, 0.3) is 10.4 Å². The van der Waals surface area contributed by atoms with Crippen molar-refractivity contribution in [3.8, 4) is 5.75 Å². The lowest BCUT2D eigenvalue weighted by Gasteiger charge is -2.05. The smallest absolute Gasteiger partial charge is 0.121 e. The van der Waals surface area contributed by atoms with E-state index in [1.54, 1.807) is 6.07 Å². The van der Waals surface area contributed by atoms with Crippen molar-refractivity contribution in [1.82, 2.24) is 0 Å². The molecule has 0 fully saturated rings. The molecule has 0 radical (unpaired) electrons. The van der Waals surface area contributed by atoms with Crippen LogP contribution in [0.2, 0.25) is 0 Å². The summed E-state index contributed by atoms with van der Waals surface area (Å²) in [4.78, 5) is 2.67. The zero-order valence-corrected chi connectivity index (χ0v) is 9.69. The van der Waals surface area contributed by atoms with Crippen LogP contribution in [0.3, 0.4) is 0 Å². The van der Waals surface area contributed by atoms with Gasteiger partial charge < -0.3 is 10.5 Å². The molecule has 0 spiro atoms. The van der Waals surface area contributed by atoms with Gasteiger partial charge in [0.25, 0.3) is 0 Å². The highest BCUT2D eigenvalue weighted by Crippen LogP contribution is 2.14. The number of anilines is 1. The average molecular weight is 243 g/mol. The highest BCUT2D eigenvalue weighted by Gasteiger charge is 1.93. The first-order valence-electron chi connectivity index (χ1n) is 4.82. The molecule has 0 atom stereocenters. The number of unbranched alkanes of at least 4 members (excludes halogenated alkanes) is 1. The molecule has 0 saturated heterocycles. The first-order valence-corrected chi connectivity index (χ1v) is 4.82. The number of ether oxygens (including phenoxy) is 1. The van der Waals surface area contributed by atoms with Gasteiger partial charge in [-0.2, -0.15) is 0 Å². The number of hydrogen-bond donors (Lipinski definition) is 1. The summed E-state index contributed by atoms with van der Waals surface area (Å²) in [7, 11) is 0. The van der Waals surface area contributed by atoms with Crippen molar-refractivity contribution in [1.29, 1.82) is 0 Å². The number of nitrogens with two attached hydrogens (primary N) is 1. The van der Waals surface area contributed by atoms with E-state index in [-0.39, 0.29) is 12.4 Å². The van der Waals surface area contributed by atoms with Crippen molar-refractivity contribution in [2.24, 2.45) is 5.11 Å². The molecule has 16 heavy (non-hydrogen) atoms. The Bertz CT molecular complexity index is 352. The van der Waals surface area contributed by atoms with E-state index in [0.29, 0.717) is 18.8 Å². The molecule has 1 rings (SSSR count). The maximum atomic E-state index is 8.04. The van der Waals surface area contributed by atoms with Gasteiger partial charge >= 0.3 is 0 Å². The summed E-state index contributed by atoms with van der Waals surface area (Å²) in [6.45, 7) is 1.14. The van der Waals surface area contributed by atoms with Gasteiger partial charge in [-0.25, -0.2) is 0 Å². The molecule has 0 aromatic heterocycles. The molecule has 0 unspecified atom stereocenters. The van der Waals surface area contributed by atoms with Gasteiger partial charge in [-0.3, -0.25) is 0 Å². The Hall–Kier alpha value is -1.58. The van der Waals surface area contributed by atoms with E-state index in [9.17, 15) is 0 Å². The van der Waals surface area contributed by atoms with Crippen molar-refractivity contribution < 1.29 is 4.74 Å². The third kappa shape index (κ3) is 6.01. The zero-order valence-electron chi connectivity index (χ0n) is 8.87. The molecule has 0 bridgehead atoms. The first kappa shape index (κ1) is 14.4. The topological polar surface area (TPSA) is 84.0 Å². The monoisotopic (exact) mass is 242 g/mol. The molecule has 0 aliphatic carbocycles. The number of azide groups is 1. The Balaban J connectivity index is 0.00000225. The molecule has 0 aliphatic rings. The number of nitrogen functional groups attached to an aromatic ring is 1. The van der Waals surface area contributed by atoms with E-state index in [0.717, 1.165) is 18.6 Å². The molecule has 0 amide bonds. The molecule has 1 aromatic carbocycles. The molecular weight excluding hydrogens is 228 g/mol. The highest BCUT2D eigenvalue weighted by atomic mass is 35.5. The predicted molar refractivity (Wildman–Crippen MR) is 66.8 cm³/mol. The molecule has 0 saturated carbocycles. The van der Waals surface area contributed by atoms with Crippen LogP contribution >= 0.6 is 12.4 Å². The van der Waals surface area contributed by atoms with Crippen LogP contribution in [-0.2, 0) is 0 Å². The third-order valence-electron chi connectivity index (χ3n) is 1.84. The summed E-state index contributed by atoms with van der Waals surface area (Å²) >= 11 is 0. The number of hydrogen-bond acceptors (Lipinski definition) is 3. The SMILES string of the molecule is Cl.[N-]=[N+]=NCCCCOc1cccc(N)c1. The van der Waals surface area contributed by atoms with Gasteiger partial charge in [0.2, 0.25) is 0 Å². The van der Waals surface area contributed by atoms with E-state index in [2.05, 4.69) is 10.0 Å². The molecule has 2 N–H and O–H groups in total. The lowest BCUT2D eigenvalue weighted by molar-refractivity contribution is 0.308. The Kier molecular flexibility index (Phi) is 7.85. The summed E-state index contributed by atoms with van der Waals surface area (Å²) in [6, 6.07) is 7.32. The summed E-state index contributed by atoms with van der Waals surface area (Å²) in [6.07, 6.45) is 1.71. The molecule has 6 heteroatoms. The van der Waals surface area contributed by atoms with E-state index >= 15 is 0 Å². The average Bonchev–Trinajstić information content (AvgIpc) is 2.23. The molecular formula is C10H15ClN4O. The van der Waals surface area contributed by atoms with Gasteiger partial charge in [0.05, 0.1) is 6.61 Å². The fraction of sp³-hybridized carbons (Fsp3) is 0.400. The first-order chi connectivity index (χ1) is 7.33. The van der Waals surface area contributed by atoms with Gasteiger partial charge in [0.1, 0.15) is 5.75 Å². The second kappa shape index (κ2) is 8.71.